The molecule has 1 aromatic heterocycles. The van der Waals surface area contributed by atoms with Gasteiger partial charge in [0.15, 0.2) is 0 Å². The van der Waals surface area contributed by atoms with E-state index in [1.54, 1.807) is 24.4 Å². The smallest absolute Gasteiger partial charge is 0.429 e. The second-order valence-corrected chi connectivity index (χ2v) is 5.56. The average molecular weight is 282 g/mol. The molecule has 0 aliphatic heterocycles. The van der Waals surface area contributed by atoms with Gasteiger partial charge in [0.05, 0.1) is 0 Å². The van der Waals surface area contributed by atoms with Crippen molar-refractivity contribution in [3.8, 4) is 0 Å². The van der Waals surface area contributed by atoms with Crippen molar-refractivity contribution in [1.82, 2.24) is 4.98 Å². The summed E-state index contributed by atoms with van der Waals surface area (Å²) in [6.07, 6.45) is 2.22. The van der Waals surface area contributed by atoms with Gasteiger partial charge in [0.1, 0.15) is 11.4 Å². The van der Waals surface area contributed by atoms with E-state index in [-0.39, 0.29) is 5.73 Å². The third-order valence-corrected chi connectivity index (χ3v) is 4.53. The number of ether oxygens (including phenoxy) is 1. The number of hydrogen-bond acceptors (Lipinski definition) is 5. The Hall–Kier alpha value is -1.24. The van der Waals surface area contributed by atoms with Crippen LogP contribution >= 0.6 is 0 Å². The van der Waals surface area contributed by atoms with Crippen LogP contribution in [0.15, 0.2) is 24.4 Å². The highest BCUT2D eigenvalue weighted by Crippen LogP contribution is 2.09. The fourth-order valence-electron chi connectivity index (χ4n) is 1.48. The molecule has 0 amide bonds. The number of hydrogen-bond donors (Lipinski definition) is 0. The Bertz CT molecular complexity index is 368. The van der Waals surface area contributed by atoms with Gasteiger partial charge in [-0.05, 0) is 32.4 Å². The lowest BCUT2D eigenvalue weighted by Gasteiger charge is -2.22. The van der Waals surface area contributed by atoms with Crippen LogP contribution in [0.4, 0.5) is 0 Å². The van der Waals surface area contributed by atoms with Gasteiger partial charge < -0.3 is 13.6 Å². The van der Waals surface area contributed by atoms with Crippen LogP contribution in [-0.4, -0.2) is 39.2 Å². The molecule has 0 fully saturated rings. The number of aromatic nitrogens is 1. The summed E-state index contributed by atoms with van der Waals surface area (Å²) < 4.78 is 16.6. The van der Waals surface area contributed by atoms with Crippen molar-refractivity contribution < 1.29 is 18.4 Å². The Balaban J connectivity index is 2.66. The number of carbonyl (C=O) groups excluding carboxylic acids is 1. The molecule has 0 aliphatic rings. The van der Waals surface area contributed by atoms with E-state index >= 15 is 0 Å². The molecule has 0 aliphatic carbocycles. The number of carbonyl (C=O) groups is 1. The summed E-state index contributed by atoms with van der Waals surface area (Å²) in [5.74, 6) is -0.436. The highest BCUT2D eigenvalue weighted by Gasteiger charge is 2.30. The predicted octanol–water partition coefficient (Wildman–Crippen LogP) is 2.12. The molecule has 0 spiro atoms. The highest BCUT2D eigenvalue weighted by atomic mass is 28.3. The fraction of sp³-hybridized carbons (Fsp3) is 0.538. The van der Waals surface area contributed by atoms with Crippen molar-refractivity contribution in [2.24, 2.45) is 0 Å². The van der Waals surface area contributed by atoms with Crippen molar-refractivity contribution in [2.45, 2.75) is 32.9 Å². The second kappa shape index (κ2) is 8.79. The summed E-state index contributed by atoms with van der Waals surface area (Å²) in [6.45, 7) is 6.84. The van der Waals surface area contributed by atoms with Crippen molar-refractivity contribution >= 4 is 15.3 Å². The van der Waals surface area contributed by atoms with Crippen LogP contribution in [0.5, 0.6) is 0 Å². The van der Waals surface area contributed by atoms with Crippen LogP contribution in [0.2, 0.25) is 0 Å². The second-order valence-electron chi connectivity index (χ2n) is 3.70. The van der Waals surface area contributed by atoms with Gasteiger partial charge >= 0.3 is 15.3 Å². The Morgan fingerprint density at radius 1 is 1.26 bits per heavy atom. The molecule has 0 bridgehead atoms. The molecular formula is C13H20NO4Si. The fourth-order valence-corrected chi connectivity index (χ4v) is 3.04. The first-order valence-corrected chi connectivity index (χ1v) is 7.86. The Morgan fingerprint density at radius 2 is 1.95 bits per heavy atom. The molecule has 105 valence electrons. The van der Waals surface area contributed by atoms with Crippen LogP contribution in [-0.2, 0) is 13.6 Å². The van der Waals surface area contributed by atoms with Crippen molar-refractivity contribution in [3.05, 3.63) is 30.1 Å². The number of nitrogens with zero attached hydrogens (tertiary/aromatic N) is 1. The van der Waals surface area contributed by atoms with E-state index in [9.17, 15) is 4.79 Å². The number of pyridine rings is 1. The van der Waals surface area contributed by atoms with Crippen LogP contribution in [0.25, 0.3) is 0 Å². The molecular weight excluding hydrogens is 262 g/mol. The number of rotatable bonds is 8. The monoisotopic (exact) mass is 282 g/mol. The molecule has 0 saturated carbocycles. The maximum atomic E-state index is 11.9. The van der Waals surface area contributed by atoms with Crippen molar-refractivity contribution in [1.29, 1.82) is 0 Å². The molecule has 1 rings (SSSR count). The SMILES string of the molecule is CCO[Si](OCC)C(CC)OC(=O)c1ccccn1. The molecule has 0 N–H and O–H groups in total. The lowest BCUT2D eigenvalue weighted by Crippen LogP contribution is -2.40. The zero-order valence-electron chi connectivity index (χ0n) is 11.6. The lowest BCUT2D eigenvalue weighted by atomic mass is 10.3. The number of esters is 1. The molecule has 1 aromatic rings. The van der Waals surface area contributed by atoms with E-state index in [0.29, 0.717) is 25.3 Å². The van der Waals surface area contributed by atoms with E-state index in [1.807, 2.05) is 20.8 Å². The summed E-state index contributed by atoms with van der Waals surface area (Å²) in [7, 11) is -1.61. The van der Waals surface area contributed by atoms with Crippen LogP contribution in [0, 0.1) is 0 Å². The van der Waals surface area contributed by atoms with Gasteiger partial charge in [0.2, 0.25) is 0 Å². The van der Waals surface area contributed by atoms with Gasteiger partial charge in [-0.1, -0.05) is 13.0 Å². The Morgan fingerprint density at radius 3 is 2.42 bits per heavy atom. The average Bonchev–Trinajstić information content (AvgIpc) is 2.45. The van der Waals surface area contributed by atoms with Crippen LogP contribution in [0.3, 0.4) is 0 Å². The zero-order valence-corrected chi connectivity index (χ0v) is 12.6. The highest BCUT2D eigenvalue weighted by molar-refractivity contribution is 6.46. The first kappa shape index (κ1) is 15.8. The van der Waals surface area contributed by atoms with E-state index in [0.717, 1.165) is 0 Å². The molecule has 1 radical (unpaired) electrons. The molecule has 19 heavy (non-hydrogen) atoms. The molecule has 6 heteroatoms. The Kier molecular flexibility index (Phi) is 7.31. The summed E-state index contributed by atoms with van der Waals surface area (Å²) in [5, 5.41) is 0. The van der Waals surface area contributed by atoms with E-state index in [2.05, 4.69) is 4.98 Å². The van der Waals surface area contributed by atoms with Gasteiger partial charge in [0, 0.05) is 19.4 Å². The van der Waals surface area contributed by atoms with Gasteiger partial charge in [-0.25, -0.2) is 9.78 Å². The van der Waals surface area contributed by atoms with Crippen LogP contribution < -0.4 is 0 Å². The summed E-state index contributed by atoms with van der Waals surface area (Å²) in [5.41, 5.74) is -0.0327. The van der Waals surface area contributed by atoms with E-state index < -0.39 is 15.3 Å². The summed E-state index contributed by atoms with van der Waals surface area (Å²) >= 11 is 0. The lowest BCUT2D eigenvalue weighted by molar-refractivity contribution is 0.0326. The quantitative estimate of drug-likeness (QED) is 0.540. The molecule has 0 aromatic carbocycles. The molecule has 1 heterocycles. The third-order valence-electron chi connectivity index (χ3n) is 2.33. The minimum absolute atomic E-state index is 0.301. The predicted molar refractivity (Wildman–Crippen MR) is 72.7 cm³/mol. The summed E-state index contributed by atoms with van der Waals surface area (Å²) in [6, 6.07) is 5.13. The molecule has 5 nitrogen and oxygen atoms in total. The topological polar surface area (TPSA) is 57.7 Å². The first-order valence-electron chi connectivity index (χ1n) is 6.47. The van der Waals surface area contributed by atoms with E-state index in [4.69, 9.17) is 13.6 Å². The summed E-state index contributed by atoms with van der Waals surface area (Å²) in [4.78, 5) is 15.9. The minimum atomic E-state index is -1.61. The first-order chi connectivity index (χ1) is 9.22. The van der Waals surface area contributed by atoms with Crippen molar-refractivity contribution in [3.63, 3.8) is 0 Å². The zero-order chi connectivity index (χ0) is 14.1. The van der Waals surface area contributed by atoms with Gasteiger partial charge in [-0.15, -0.1) is 0 Å². The van der Waals surface area contributed by atoms with E-state index in [1.165, 1.54) is 0 Å². The maximum absolute atomic E-state index is 11.9. The molecule has 1 unspecified atom stereocenters. The van der Waals surface area contributed by atoms with Crippen molar-refractivity contribution in [2.75, 3.05) is 13.2 Å². The van der Waals surface area contributed by atoms with Gasteiger partial charge in [0.25, 0.3) is 0 Å². The molecule has 0 saturated heterocycles. The normalized spacial score (nSPS) is 12.4. The largest absolute Gasteiger partial charge is 0.456 e. The third kappa shape index (κ3) is 5.10. The van der Waals surface area contributed by atoms with Gasteiger partial charge in [-0.2, -0.15) is 0 Å². The molecule has 1 atom stereocenters. The van der Waals surface area contributed by atoms with Gasteiger partial charge in [-0.3, -0.25) is 0 Å². The maximum Gasteiger partial charge on any atom is 0.429 e. The van der Waals surface area contributed by atoms with Crippen LogP contribution in [0.1, 0.15) is 37.7 Å². The standard InChI is InChI=1S/C13H20NO4Si/c1-4-12(19(16-5-2)17-6-3)18-13(15)11-9-7-8-10-14-11/h7-10,12H,4-6H2,1-3H3. The minimum Gasteiger partial charge on any atom is -0.456 e. The Labute approximate surface area is 115 Å².